The van der Waals surface area contributed by atoms with Crippen molar-refractivity contribution >= 4 is 17.4 Å². The SMILES string of the molecule is CC(=O)c1ccc(N2CCN(C(=O)CN3CCC(C)C3)CC2)cc1. The van der Waals surface area contributed by atoms with Gasteiger partial charge in [0.05, 0.1) is 6.54 Å². The highest BCUT2D eigenvalue weighted by atomic mass is 16.2. The van der Waals surface area contributed by atoms with Crippen LogP contribution in [-0.4, -0.2) is 67.3 Å². The molecule has 5 heteroatoms. The van der Waals surface area contributed by atoms with Crippen molar-refractivity contribution in [2.24, 2.45) is 5.92 Å². The van der Waals surface area contributed by atoms with Gasteiger partial charge in [-0.2, -0.15) is 0 Å². The van der Waals surface area contributed by atoms with E-state index in [1.165, 1.54) is 6.42 Å². The van der Waals surface area contributed by atoms with E-state index in [1.807, 2.05) is 29.2 Å². The van der Waals surface area contributed by atoms with E-state index in [4.69, 9.17) is 0 Å². The van der Waals surface area contributed by atoms with Crippen LogP contribution in [0.2, 0.25) is 0 Å². The highest BCUT2D eigenvalue weighted by Crippen LogP contribution is 2.19. The van der Waals surface area contributed by atoms with E-state index in [0.717, 1.165) is 50.5 Å². The molecule has 1 unspecified atom stereocenters. The van der Waals surface area contributed by atoms with Crippen LogP contribution in [0.15, 0.2) is 24.3 Å². The standard InChI is InChI=1S/C19H27N3O2/c1-15-7-8-20(13-15)14-19(24)22-11-9-21(10-12-22)18-5-3-17(4-6-18)16(2)23/h3-6,15H,7-14H2,1-2H3. The second-order valence-electron chi connectivity index (χ2n) is 7.10. The van der Waals surface area contributed by atoms with Gasteiger partial charge in [0.15, 0.2) is 5.78 Å². The van der Waals surface area contributed by atoms with Gasteiger partial charge in [0.1, 0.15) is 0 Å². The quantitative estimate of drug-likeness (QED) is 0.791. The van der Waals surface area contributed by atoms with Crippen molar-refractivity contribution in [3.05, 3.63) is 29.8 Å². The summed E-state index contributed by atoms with van der Waals surface area (Å²) in [4.78, 5) is 30.4. The molecule has 0 spiro atoms. The van der Waals surface area contributed by atoms with E-state index in [-0.39, 0.29) is 11.7 Å². The molecule has 0 N–H and O–H groups in total. The lowest BCUT2D eigenvalue weighted by Gasteiger charge is -2.36. The fourth-order valence-corrected chi connectivity index (χ4v) is 3.58. The third-order valence-electron chi connectivity index (χ3n) is 5.14. The summed E-state index contributed by atoms with van der Waals surface area (Å²) in [7, 11) is 0. The summed E-state index contributed by atoms with van der Waals surface area (Å²) in [6, 6.07) is 7.76. The number of carbonyl (C=O) groups excluding carboxylic acids is 2. The first-order valence-electron chi connectivity index (χ1n) is 8.89. The number of hydrogen-bond acceptors (Lipinski definition) is 4. The highest BCUT2D eigenvalue weighted by Gasteiger charge is 2.25. The Hall–Kier alpha value is -1.88. The molecule has 1 aromatic rings. The molecule has 3 rings (SSSR count). The molecule has 2 aliphatic rings. The van der Waals surface area contributed by atoms with Crippen molar-refractivity contribution < 1.29 is 9.59 Å². The molecule has 2 aliphatic heterocycles. The normalized spacial score (nSPS) is 22.0. The number of amides is 1. The van der Waals surface area contributed by atoms with Crippen LogP contribution in [0.4, 0.5) is 5.69 Å². The molecule has 0 aliphatic carbocycles. The Labute approximate surface area is 144 Å². The number of Topliss-reactive ketones (excluding diaryl/α,β-unsaturated/α-hetero) is 1. The molecule has 1 amide bonds. The second-order valence-corrected chi connectivity index (χ2v) is 7.10. The summed E-state index contributed by atoms with van der Waals surface area (Å²) >= 11 is 0. The van der Waals surface area contributed by atoms with Gasteiger partial charge in [0, 0.05) is 44.0 Å². The third-order valence-corrected chi connectivity index (χ3v) is 5.14. The van der Waals surface area contributed by atoms with Gasteiger partial charge in [-0.25, -0.2) is 0 Å². The van der Waals surface area contributed by atoms with Crippen LogP contribution in [0.5, 0.6) is 0 Å². The van der Waals surface area contributed by atoms with Gasteiger partial charge >= 0.3 is 0 Å². The second kappa shape index (κ2) is 7.34. The van der Waals surface area contributed by atoms with Crippen molar-refractivity contribution in [1.82, 2.24) is 9.80 Å². The number of rotatable bonds is 4. The maximum atomic E-state index is 12.5. The number of benzene rings is 1. The predicted molar refractivity (Wildman–Crippen MR) is 95.5 cm³/mol. The van der Waals surface area contributed by atoms with Gasteiger partial charge in [-0.05, 0) is 50.1 Å². The molecule has 1 aromatic carbocycles. The van der Waals surface area contributed by atoms with E-state index < -0.39 is 0 Å². The van der Waals surface area contributed by atoms with Crippen molar-refractivity contribution in [1.29, 1.82) is 0 Å². The summed E-state index contributed by atoms with van der Waals surface area (Å²) in [5.41, 5.74) is 1.87. The van der Waals surface area contributed by atoms with Crippen molar-refractivity contribution in [2.75, 3.05) is 50.7 Å². The van der Waals surface area contributed by atoms with E-state index in [9.17, 15) is 9.59 Å². The summed E-state index contributed by atoms with van der Waals surface area (Å²) < 4.78 is 0. The number of piperazine rings is 1. The summed E-state index contributed by atoms with van der Waals surface area (Å²) in [6.07, 6.45) is 1.21. The minimum atomic E-state index is 0.0909. The average Bonchev–Trinajstić information content (AvgIpc) is 3.00. The van der Waals surface area contributed by atoms with Gasteiger partial charge in [-0.15, -0.1) is 0 Å². The Balaban J connectivity index is 1.50. The topological polar surface area (TPSA) is 43.9 Å². The maximum Gasteiger partial charge on any atom is 0.236 e. The summed E-state index contributed by atoms with van der Waals surface area (Å²) in [6.45, 7) is 9.75. The third kappa shape index (κ3) is 3.96. The zero-order chi connectivity index (χ0) is 17.1. The molecule has 2 heterocycles. The number of ketones is 1. The average molecular weight is 329 g/mol. The molecule has 0 radical (unpaired) electrons. The highest BCUT2D eigenvalue weighted by molar-refractivity contribution is 5.94. The van der Waals surface area contributed by atoms with E-state index in [2.05, 4.69) is 16.7 Å². The first kappa shape index (κ1) is 17.0. The van der Waals surface area contributed by atoms with Gasteiger partial charge in [-0.3, -0.25) is 14.5 Å². The van der Waals surface area contributed by atoms with Crippen LogP contribution < -0.4 is 4.90 Å². The molecular formula is C19H27N3O2. The van der Waals surface area contributed by atoms with Crippen molar-refractivity contribution in [2.45, 2.75) is 20.3 Å². The zero-order valence-corrected chi connectivity index (χ0v) is 14.7. The van der Waals surface area contributed by atoms with Crippen LogP contribution in [0.25, 0.3) is 0 Å². The van der Waals surface area contributed by atoms with Gasteiger partial charge in [0.2, 0.25) is 5.91 Å². The molecule has 0 saturated carbocycles. The Bertz CT molecular complexity index is 591. The molecule has 0 bridgehead atoms. The molecule has 5 nitrogen and oxygen atoms in total. The van der Waals surface area contributed by atoms with Crippen molar-refractivity contribution in [3.63, 3.8) is 0 Å². The molecular weight excluding hydrogens is 302 g/mol. The van der Waals surface area contributed by atoms with Crippen LogP contribution in [0.3, 0.4) is 0 Å². The largest absolute Gasteiger partial charge is 0.368 e. The summed E-state index contributed by atoms with van der Waals surface area (Å²) in [5.74, 6) is 1.07. The molecule has 2 saturated heterocycles. The van der Waals surface area contributed by atoms with Crippen LogP contribution in [-0.2, 0) is 4.79 Å². The first-order valence-corrected chi connectivity index (χ1v) is 8.89. The fraction of sp³-hybridized carbons (Fsp3) is 0.579. The minimum Gasteiger partial charge on any atom is -0.368 e. The van der Waals surface area contributed by atoms with Crippen LogP contribution >= 0.6 is 0 Å². The zero-order valence-electron chi connectivity index (χ0n) is 14.7. The molecule has 0 aromatic heterocycles. The van der Waals surface area contributed by atoms with Gasteiger partial charge in [-0.1, -0.05) is 6.92 Å². The molecule has 130 valence electrons. The molecule has 24 heavy (non-hydrogen) atoms. The van der Waals surface area contributed by atoms with Gasteiger partial charge < -0.3 is 9.80 Å². The Kier molecular flexibility index (Phi) is 5.19. The van der Waals surface area contributed by atoms with Crippen molar-refractivity contribution in [3.8, 4) is 0 Å². The van der Waals surface area contributed by atoms with Gasteiger partial charge in [0.25, 0.3) is 0 Å². The first-order chi connectivity index (χ1) is 11.5. The Morgan fingerprint density at radius 3 is 2.25 bits per heavy atom. The predicted octanol–water partition coefficient (Wildman–Crippen LogP) is 1.88. The van der Waals surface area contributed by atoms with E-state index >= 15 is 0 Å². The van der Waals surface area contributed by atoms with Crippen LogP contribution in [0.1, 0.15) is 30.6 Å². The monoisotopic (exact) mass is 329 g/mol. The van der Waals surface area contributed by atoms with Crippen LogP contribution in [0, 0.1) is 5.92 Å². The number of nitrogens with zero attached hydrogens (tertiary/aromatic N) is 3. The number of carbonyl (C=O) groups is 2. The maximum absolute atomic E-state index is 12.5. The molecule has 1 atom stereocenters. The summed E-state index contributed by atoms with van der Waals surface area (Å²) in [5, 5.41) is 0. The number of hydrogen-bond donors (Lipinski definition) is 0. The Morgan fingerprint density at radius 1 is 1.04 bits per heavy atom. The lowest BCUT2D eigenvalue weighted by Crippen LogP contribution is -2.51. The van der Waals surface area contributed by atoms with E-state index in [0.29, 0.717) is 12.5 Å². The van der Waals surface area contributed by atoms with E-state index in [1.54, 1.807) is 6.92 Å². The number of likely N-dealkylation sites (tertiary alicyclic amines) is 1. The molecule has 2 fully saturated rings. The lowest BCUT2D eigenvalue weighted by atomic mass is 10.1. The lowest BCUT2D eigenvalue weighted by molar-refractivity contribution is -0.132. The fourth-order valence-electron chi connectivity index (χ4n) is 3.58. The Morgan fingerprint density at radius 2 is 1.71 bits per heavy atom. The number of anilines is 1. The minimum absolute atomic E-state index is 0.0909. The smallest absolute Gasteiger partial charge is 0.236 e.